The van der Waals surface area contributed by atoms with Crippen LogP contribution in [0.3, 0.4) is 0 Å². The van der Waals surface area contributed by atoms with Crippen molar-refractivity contribution < 1.29 is 0 Å². The van der Waals surface area contributed by atoms with Gasteiger partial charge in [-0.2, -0.15) is 0 Å². The van der Waals surface area contributed by atoms with Crippen LogP contribution < -0.4 is 5.46 Å². The van der Waals surface area contributed by atoms with Crippen LogP contribution in [0.5, 0.6) is 0 Å². The fourth-order valence-corrected chi connectivity index (χ4v) is 0.995. The van der Waals surface area contributed by atoms with E-state index in [-0.39, 0.29) is 8.41 Å². The second-order valence-electron chi connectivity index (χ2n) is 2.08. The van der Waals surface area contributed by atoms with Crippen LogP contribution in [0.1, 0.15) is 19.4 Å². The number of rotatable bonds is 0. The summed E-state index contributed by atoms with van der Waals surface area (Å²) in [5.41, 5.74) is 5.59. The first-order valence-electron chi connectivity index (χ1n) is 3.98. The van der Waals surface area contributed by atoms with Gasteiger partial charge in [0.1, 0.15) is 0 Å². The molecule has 2 rings (SSSR count). The number of hydrogen-bond donors (Lipinski definition) is 0. The number of fused-ring (bicyclic) bond motifs is 1. The predicted octanol–water partition coefficient (Wildman–Crippen LogP) is 1.09. The SMILES string of the molecule is B1=C=Cc2ccccc21.CC.[B]. The van der Waals surface area contributed by atoms with E-state index in [1.54, 1.807) is 0 Å². The van der Waals surface area contributed by atoms with Crippen molar-refractivity contribution in [1.29, 1.82) is 0 Å². The molecule has 0 nitrogen and oxygen atoms in total. The maximum absolute atomic E-state index is 3.04. The van der Waals surface area contributed by atoms with E-state index >= 15 is 0 Å². The largest absolute Gasteiger partial charge is 0.0683 e. The zero-order valence-electron chi connectivity index (χ0n) is 7.54. The van der Waals surface area contributed by atoms with Crippen molar-refractivity contribution >= 4 is 32.5 Å². The van der Waals surface area contributed by atoms with Crippen LogP contribution in [0, 0.1) is 0 Å². The van der Waals surface area contributed by atoms with E-state index in [1.807, 2.05) is 39.0 Å². The fraction of sp³-hybridized carbons (Fsp3) is 0.200. The third kappa shape index (κ3) is 2.25. The van der Waals surface area contributed by atoms with Crippen molar-refractivity contribution in [3.8, 4) is 0 Å². The van der Waals surface area contributed by atoms with Gasteiger partial charge in [0.25, 0.3) is 0 Å². The van der Waals surface area contributed by atoms with Crippen molar-refractivity contribution in [3.05, 3.63) is 29.8 Å². The molecule has 0 N–H and O–H groups in total. The van der Waals surface area contributed by atoms with Gasteiger partial charge in [0.15, 0.2) is 0 Å². The van der Waals surface area contributed by atoms with Crippen molar-refractivity contribution in [2.24, 2.45) is 0 Å². The van der Waals surface area contributed by atoms with Gasteiger partial charge in [0.2, 0.25) is 0 Å². The Morgan fingerprint density at radius 2 is 1.83 bits per heavy atom. The van der Waals surface area contributed by atoms with Crippen LogP contribution in [0.15, 0.2) is 24.3 Å². The molecule has 0 unspecified atom stereocenters. The van der Waals surface area contributed by atoms with Gasteiger partial charge in [-0.05, 0) is 0 Å². The zero-order chi connectivity index (χ0) is 8.10. The van der Waals surface area contributed by atoms with Crippen molar-refractivity contribution in [2.75, 3.05) is 0 Å². The summed E-state index contributed by atoms with van der Waals surface area (Å²) in [6, 6.07) is 8.25. The minimum Gasteiger partial charge on any atom is -0.0683 e. The molecule has 1 aromatic rings. The molecule has 0 atom stereocenters. The Kier molecular flexibility index (Phi) is 5.16. The standard InChI is InChI=1S/C8H5B.C2H6.B/c1-2-4-8-7(3-1)5-6-9-8;1-2;/h1-5H;1-2H3;. The van der Waals surface area contributed by atoms with E-state index in [4.69, 9.17) is 0 Å². The van der Waals surface area contributed by atoms with Crippen molar-refractivity contribution in [2.45, 2.75) is 13.8 Å². The van der Waals surface area contributed by atoms with Crippen molar-refractivity contribution in [1.82, 2.24) is 0 Å². The molecule has 1 heterocycles. The van der Waals surface area contributed by atoms with Gasteiger partial charge in [-0.1, -0.05) is 13.8 Å². The van der Waals surface area contributed by atoms with Crippen LogP contribution >= 0.6 is 0 Å². The Bertz CT molecular complexity index is 269. The molecule has 3 radical (unpaired) electrons. The topological polar surface area (TPSA) is 0 Å². The Hall–Kier alpha value is -1.00. The molecule has 0 aliphatic carbocycles. The van der Waals surface area contributed by atoms with Crippen molar-refractivity contribution in [3.63, 3.8) is 0 Å². The summed E-state index contributed by atoms with van der Waals surface area (Å²) in [6.07, 6.45) is 2.00. The van der Waals surface area contributed by atoms with Crippen LogP contribution in [0.4, 0.5) is 0 Å². The molecule has 0 amide bonds. The molecule has 0 fully saturated rings. The third-order valence-corrected chi connectivity index (χ3v) is 1.47. The molecule has 1 aliphatic rings. The minimum atomic E-state index is 0. The van der Waals surface area contributed by atoms with Gasteiger partial charge >= 0.3 is 53.9 Å². The quantitative estimate of drug-likeness (QED) is 0.496. The van der Waals surface area contributed by atoms with Crippen LogP contribution in [-0.2, 0) is 0 Å². The van der Waals surface area contributed by atoms with Gasteiger partial charge in [-0.25, -0.2) is 0 Å². The third-order valence-electron chi connectivity index (χ3n) is 1.47. The Morgan fingerprint density at radius 3 is 2.50 bits per heavy atom. The summed E-state index contributed by atoms with van der Waals surface area (Å²) >= 11 is 0. The molecule has 2 heteroatoms. The Labute approximate surface area is 76.8 Å². The van der Waals surface area contributed by atoms with E-state index in [0.717, 1.165) is 0 Å². The van der Waals surface area contributed by atoms with Crippen LogP contribution in [0.25, 0.3) is 6.08 Å². The predicted molar refractivity (Wildman–Crippen MR) is 58.4 cm³/mol. The molecule has 0 spiro atoms. The van der Waals surface area contributed by atoms with Crippen LogP contribution in [0.2, 0.25) is 0 Å². The van der Waals surface area contributed by atoms with E-state index in [2.05, 4.69) is 17.8 Å². The second kappa shape index (κ2) is 5.62. The molecule has 0 saturated heterocycles. The van der Waals surface area contributed by atoms with E-state index < -0.39 is 0 Å². The maximum Gasteiger partial charge on any atom is 0 e. The molecule has 0 bridgehead atoms. The average molecular weight is 153 g/mol. The Balaban J connectivity index is 0.000000378. The first-order chi connectivity index (χ1) is 5.47. The molecule has 1 aliphatic heterocycles. The monoisotopic (exact) mass is 153 g/mol. The van der Waals surface area contributed by atoms with E-state index in [1.165, 1.54) is 11.0 Å². The zero-order valence-corrected chi connectivity index (χ0v) is 7.54. The van der Waals surface area contributed by atoms with Crippen LogP contribution in [-0.4, -0.2) is 21.0 Å². The summed E-state index contributed by atoms with van der Waals surface area (Å²) < 4.78 is 0. The summed E-state index contributed by atoms with van der Waals surface area (Å²) in [5.74, 6) is 0. The normalized spacial score (nSPS) is 8.83. The molecule has 57 valence electrons. The smallest absolute Gasteiger partial charge is 0 e. The summed E-state index contributed by atoms with van der Waals surface area (Å²) in [4.78, 5) is 0. The van der Waals surface area contributed by atoms with E-state index in [9.17, 15) is 0 Å². The average Bonchev–Trinajstić information content (AvgIpc) is 2.55. The number of benzene rings is 1. The maximum atomic E-state index is 3.04. The van der Waals surface area contributed by atoms with Gasteiger partial charge in [0.05, 0.1) is 0 Å². The van der Waals surface area contributed by atoms with Gasteiger partial charge in [-0.3, -0.25) is 0 Å². The molecule has 0 saturated carbocycles. The fourth-order valence-electron chi connectivity index (χ4n) is 0.995. The van der Waals surface area contributed by atoms with Gasteiger partial charge in [0, 0.05) is 8.41 Å². The van der Waals surface area contributed by atoms with Gasteiger partial charge < -0.3 is 0 Å². The molecule has 12 heavy (non-hydrogen) atoms. The summed E-state index contributed by atoms with van der Waals surface area (Å²) in [7, 11) is 0. The first kappa shape index (κ1) is 11.0. The number of hydrogen-bond acceptors (Lipinski definition) is 0. The summed E-state index contributed by atoms with van der Waals surface area (Å²) in [6.45, 7) is 6.00. The summed E-state index contributed by atoms with van der Waals surface area (Å²) in [5, 5.41) is 0. The molecule has 1 aromatic carbocycles. The first-order valence-corrected chi connectivity index (χ1v) is 3.98. The second-order valence-corrected chi connectivity index (χ2v) is 2.08. The molecular formula is C10H11B2. The molecule has 0 aromatic heterocycles. The molecular weight excluding hydrogens is 142 g/mol. The minimum absolute atomic E-state index is 0. The Morgan fingerprint density at radius 1 is 1.17 bits per heavy atom. The van der Waals surface area contributed by atoms with Gasteiger partial charge in [-0.15, -0.1) is 0 Å². The van der Waals surface area contributed by atoms with E-state index in [0.29, 0.717) is 0 Å².